The first-order valence-corrected chi connectivity index (χ1v) is 9.35. The number of benzene rings is 2. The molecule has 0 saturated carbocycles. The van der Waals surface area contributed by atoms with E-state index in [-0.39, 0.29) is 11.7 Å². The van der Waals surface area contributed by atoms with Gasteiger partial charge in [0.05, 0.1) is 11.4 Å². The van der Waals surface area contributed by atoms with Crippen molar-refractivity contribution in [3.8, 4) is 5.69 Å². The molecule has 1 heterocycles. The maximum absolute atomic E-state index is 12.1. The molecule has 5 nitrogen and oxygen atoms in total. The fourth-order valence-corrected chi connectivity index (χ4v) is 3.23. The van der Waals surface area contributed by atoms with Crippen LogP contribution in [0.15, 0.2) is 67.0 Å². The van der Waals surface area contributed by atoms with Crippen LogP contribution in [-0.2, 0) is 10.5 Å². The topological polar surface area (TPSA) is 64.0 Å². The van der Waals surface area contributed by atoms with E-state index in [0.717, 1.165) is 17.0 Å². The molecule has 0 radical (unpaired) electrons. The number of amides is 1. The number of Topliss-reactive ketones (excluding diaryl/α,β-unsaturated/α-hetero) is 1. The van der Waals surface area contributed by atoms with Gasteiger partial charge in [-0.3, -0.25) is 9.59 Å². The first kappa shape index (κ1) is 17.9. The van der Waals surface area contributed by atoms with Gasteiger partial charge in [0, 0.05) is 29.4 Å². The van der Waals surface area contributed by atoms with Crippen LogP contribution < -0.4 is 5.32 Å². The monoisotopic (exact) mass is 365 g/mol. The van der Waals surface area contributed by atoms with Gasteiger partial charge in [-0.05, 0) is 42.8 Å². The summed E-state index contributed by atoms with van der Waals surface area (Å²) in [7, 11) is 0. The Labute approximate surface area is 156 Å². The maximum Gasteiger partial charge on any atom is 0.234 e. The minimum absolute atomic E-state index is 0.0194. The number of carbonyl (C=O) groups excluding carboxylic acids is 2. The van der Waals surface area contributed by atoms with E-state index < -0.39 is 0 Å². The SMILES string of the molecule is CC(=O)c1cccc(NC(=O)CSCc2ccc(-n3cccn3)cc2)c1. The molecule has 1 aromatic heterocycles. The number of aromatic nitrogens is 2. The van der Waals surface area contributed by atoms with Crippen molar-refractivity contribution in [3.63, 3.8) is 0 Å². The molecule has 26 heavy (non-hydrogen) atoms. The highest BCUT2D eigenvalue weighted by Gasteiger charge is 2.06. The van der Waals surface area contributed by atoms with Gasteiger partial charge < -0.3 is 5.32 Å². The lowest BCUT2D eigenvalue weighted by Crippen LogP contribution is -2.14. The highest BCUT2D eigenvalue weighted by molar-refractivity contribution is 7.99. The van der Waals surface area contributed by atoms with E-state index in [2.05, 4.69) is 10.4 Å². The summed E-state index contributed by atoms with van der Waals surface area (Å²) < 4.78 is 1.81. The van der Waals surface area contributed by atoms with E-state index in [9.17, 15) is 9.59 Å². The lowest BCUT2D eigenvalue weighted by molar-refractivity contribution is -0.113. The molecule has 0 bridgehead atoms. The van der Waals surface area contributed by atoms with E-state index in [1.54, 1.807) is 46.9 Å². The second-order valence-electron chi connectivity index (χ2n) is 5.80. The van der Waals surface area contributed by atoms with Crippen molar-refractivity contribution in [2.45, 2.75) is 12.7 Å². The van der Waals surface area contributed by atoms with E-state index in [4.69, 9.17) is 0 Å². The van der Waals surface area contributed by atoms with Crippen molar-refractivity contribution in [2.75, 3.05) is 11.1 Å². The molecule has 3 aromatic rings. The number of anilines is 1. The van der Waals surface area contributed by atoms with Gasteiger partial charge in [0.1, 0.15) is 0 Å². The lowest BCUT2D eigenvalue weighted by atomic mass is 10.1. The van der Waals surface area contributed by atoms with Crippen molar-refractivity contribution in [1.29, 1.82) is 0 Å². The fraction of sp³-hybridized carbons (Fsp3) is 0.150. The largest absolute Gasteiger partial charge is 0.325 e. The molecule has 2 aromatic carbocycles. The van der Waals surface area contributed by atoms with Gasteiger partial charge in [-0.2, -0.15) is 5.10 Å². The Bertz CT molecular complexity index is 890. The van der Waals surface area contributed by atoms with Crippen LogP contribution >= 0.6 is 11.8 Å². The second kappa shape index (κ2) is 8.49. The number of hydrogen-bond acceptors (Lipinski definition) is 4. The highest BCUT2D eigenvalue weighted by atomic mass is 32.2. The Morgan fingerprint density at radius 2 is 1.92 bits per heavy atom. The van der Waals surface area contributed by atoms with Crippen LogP contribution in [-0.4, -0.2) is 27.2 Å². The molecule has 0 saturated heterocycles. The first-order chi connectivity index (χ1) is 12.6. The molecule has 0 unspecified atom stereocenters. The lowest BCUT2D eigenvalue weighted by Gasteiger charge is -2.07. The van der Waals surface area contributed by atoms with Gasteiger partial charge in [-0.15, -0.1) is 11.8 Å². The summed E-state index contributed by atoms with van der Waals surface area (Å²) in [6.07, 6.45) is 3.64. The van der Waals surface area contributed by atoms with E-state index in [0.29, 0.717) is 17.0 Å². The molecule has 0 aliphatic carbocycles. The minimum atomic E-state index is -0.0798. The minimum Gasteiger partial charge on any atom is -0.325 e. The Kier molecular flexibility index (Phi) is 5.86. The van der Waals surface area contributed by atoms with Crippen molar-refractivity contribution in [3.05, 3.63) is 78.1 Å². The maximum atomic E-state index is 12.1. The molecule has 6 heteroatoms. The highest BCUT2D eigenvalue weighted by Crippen LogP contribution is 2.16. The number of thioether (sulfide) groups is 1. The zero-order valence-corrected chi connectivity index (χ0v) is 15.2. The summed E-state index contributed by atoms with van der Waals surface area (Å²) in [5.74, 6) is 1.00. The van der Waals surface area contributed by atoms with Crippen molar-refractivity contribution in [1.82, 2.24) is 9.78 Å². The van der Waals surface area contributed by atoms with Crippen LogP contribution in [0, 0.1) is 0 Å². The molecule has 0 aliphatic rings. The van der Waals surface area contributed by atoms with Crippen molar-refractivity contribution < 1.29 is 9.59 Å². The summed E-state index contributed by atoms with van der Waals surface area (Å²) in [6, 6.07) is 17.0. The molecular formula is C20H19N3O2S. The molecule has 3 rings (SSSR count). The number of hydrogen-bond donors (Lipinski definition) is 1. The Morgan fingerprint density at radius 3 is 2.62 bits per heavy atom. The van der Waals surface area contributed by atoms with Gasteiger partial charge in [0.25, 0.3) is 0 Å². The van der Waals surface area contributed by atoms with Crippen molar-refractivity contribution >= 4 is 29.1 Å². The Morgan fingerprint density at radius 1 is 1.12 bits per heavy atom. The quantitative estimate of drug-likeness (QED) is 0.644. The van der Waals surface area contributed by atoms with Crippen molar-refractivity contribution in [2.24, 2.45) is 0 Å². The molecule has 1 N–H and O–H groups in total. The number of nitrogens with zero attached hydrogens (tertiary/aromatic N) is 2. The van der Waals surface area contributed by atoms with Crippen LogP contribution in [0.25, 0.3) is 5.69 Å². The van der Waals surface area contributed by atoms with E-state index in [1.165, 1.54) is 6.92 Å². The standard InChI is InChI=1S/C20H19N3O2S/c1-15(24)17-4-2-5-18(12-17)22-20(25)14-26-13-16-6-8-19(9-7-16)23-11-3-10-21-23/h2-12H,13-14H2,1H3,(H,22,25). The van der Waals surface area contributed by atoms with E-state index >= 15 is 0 Å². The van der Waals surface area contributed by atoms with Gasteiger partial charge in [0.2, 0.25) is 5.91 Å². The van der Waals surface area contributed by atoms with Crippen LogP contribution in [0.3, 0.4) is 0 Å². The summed E-state index contributed by atoms with van der Waals surface area (Å²) in [4.78, 5) is 23.5. The number of nitrogens with one attached hydrogen (secondary N) is 1. The van der Waals surface area contributed by atoms with Gasteiger partial charge in [-0.1, -0.05) is 24.3 Å². The smallest absolute Gasteiger partial charge is 0.234 e. The normalized spacial score (nSPS) is 10.5. The zero-order chi connectivity index (χ0) is 18.4. The Hall–Kier alpha value is -2.86. The fourth-order valence-electron chi connectivity index (χ4n) is 2.44. The molecule has 1 amide bonds. The van der Waals surface area contributed by atoms with Gasteiger partial charge in [-0.25, -0.2) is 4.68 Å². The second-order valence-corrected chi connectivity index (χ2v) is 6.78. The van der Waals surface area contributed by atoms with Gasteiger partial charge in [0.15, 0.2) is 5.78 Å². The molecule has 0 spiro atoms. The summed E-state index contributed by atoms with van der Waals surface area (Å²) in [5, 5.41) is 7.02. The predicted octanol–water partition coefficient (Wildman–Crippen LogP) is 3.95. The third-order valence-corrected chi connectivity index (χ3v) is 4.76. The van der Waals surface area contributed by atoms with E-state index in [1.807, 2.05) is 36.5 Å². The van der Waals surface area contributed by atoms with Crippen LogP contribution in [0.5, 0.6) is 0 Å². The summed E-state index contributed by atoms with van der Waals surface area (Å²) >= 11 is 1.55. The third-order valence-electron chi connectivity index (χ3n) is 3.76. The number of rotatable bonds is 7. The molecular weight excluding hydrogens is 346 g/mol. The molecule has 0 aliphatic heterocycles. The average molecular weight is 365 g/mol. The number of ketones is 1. The summed E-state index contributed by atoms with van der Waals surface area (Å²) in [5.41, 5.74) is 3.39. The summed E-state index contributed by atoms with van der Waals surface area (Å²) in [6.45, 7) is 1.51. The van der Waals surface area contributed by atoms with Crippen LogP contribution in [0.2, 0.25) is 0 Å². The van der Waals surface area contributed by atoms with Crippen LogP contribution in [0.1, 0.15) is 22.8 Å². The average Bonchev–Trinajstić information content (AvgIpc) is 3.17. The zero-order valence-electron chi connectivity index (χ0n) is 14.4. The molecule has 0 fully saturated rings. The first-order valence-electron chi connectivity index (χ1n) is 8.19. The Balaban J connectivity index is 1.48. The third kappa shape index (κ3) is 4.83. The predicted molar refractivity (Wildman–Crippen MR) is 105 cm³/mol. The number of carbonyl (C=O) groups is 2. The van der Waals surface area contributed by atoms with Crippen LogP contribution in [0.4, 0.5) is 5.69 Å². The van der Waals surface area contributed by atoms with Gasteiger partial charge >= 0.3 is 0 Å². The molecule has 132 valence electrons. The molecule has 0 atom stereocenters.